The number of likely N-dealkylation sites (tertiary alicyclic amines) is 1. The summed E-state index contributed by atoms with van der Waals surface area (Å²) in [6.45, 7) is 0.721. The number of carbonyl (C=O) groups excluding carboxylic acids is 1. The molecule has 0 N–H and O–H groups in total. The summed E-state index contributed by atoms with van der Waals surface area (Å²) in [7, 11) is 3.29. The van der Waals surface area contributed by atoms with Crippen LogP contribution in [0.1, 0.15) is 51.7 Å². The van der Waals surface area contributed by atoms with Crippen LogP contribution in [0.5, 0.6) is 11.5 Å². The minimum absolute atomic E-state index is 0.0305. The highest BCUT2D eigenvalue weighted by Crippen LogP contribution is 2.43. The Morgan fingerprint density at radius 2 is 2.10 bits per heavy atom. The lowest BCUT2D eigenvalue weighted by Crippen LogP contribution is -2.31. The van der Waals surface area contributed by atoms with Gasteiger partial charge in [0, 0.05) is 23.1 Å². The van der Waals surface area contributed by atoms with Gasteiger partial charge in [0.2, 0.25) is 0 Å². The van der Waals surface area contributed by atoms with E-state index < -0.39 is 0 Å². The maximum atomic E-state index is 13.9. The van der Waals surface area contributed by atoms with Gasteiger partial charge in [-0.2, -0.15) is 4.68 Å². The maximum Gasteiger partial charge on any atom is 0.257 e. The molecule has 1 aliphatic carbocycles. The van der Waals surface area contributed by atoms with Crippen LogP contribution in [0.4, 0.5) is 0 Å². The summed E-state index contributed by atoms with van der Waals surface area (Å²) in [6, 6.07) is 5.78. The largest absolute Gasteiger partial charge is 0.497 e. The molecule has 0 radical (unpaired) electrons. The highest BCUT2D eigenvalue weighted by atomic mass is 32.1. The van der Waals surface area contributed by atoms with Gasteiger partial charge in [-0.1, -0.05) is 0 Å². The van der Waals surface area contributed by atoms with E-state index in [1.54, 1.807) is 36.6 Å². The Bertz CT molecular complexity index is 1080. The van der Waals surface area contributed by atoms with Crippen LogP contribution in [-0.4, -0.2) is 51.8 Å². The lowest BCUT2D eigenvalue weighted by Gasteiger charge is -2.27. The fourth-order valence-electron chi connectivity index (χ4n) is 4.60. The number of amides is 1. The van der Waals surface area contributed by atoms with Crippen molar-refractivity contribution in [3.8, 4) is 16.5 Å². The SMILES string of the molecule is COc1ccc([C@@H]2CCCN2C(=O)c2c(-n3cnnn3)sc3c2CCC3)c(OC)c1. The maximum absolute atomic E-state index is 13.9. The third-order valence-corrected chi connectivity index (χ3v) is 7.27. The number of thiophene rings is 1. The first-order chi connectivity index (χ1) is 14.7. The number of tetrazole rings is 1. The first-order valence-corrected chi connectivity index (χ1v) is 10.9. The van der Waals surface area contributed by atoms with Gasteiger partial charge in [0.15, 0.2) is 0 Å². The predicted octanol–water partition coefficient (Wildman–Crippen LogP) is 3.21. The molecule has 2 aromatic heterocycles. The lowest BCUT2D eigenvalue weighted by atomic mass is 10.0. The summed E-state index contributed by atoms with van der Waals surface area (Å²) < 4.78 is 12.6. The van der Waals surface area contributed by atoms with Gasteiger partial charge in [0.25, 0.3) is 5.91 Å². The fraction of sp³-hybridized carbons (Fsp3) is 0.429. The first kappa shape index (κ1) is 19.0. The topological polar surface area (TPSA) is 82.4 Å². The van der Waals surface area contributed by atoms with Crippen molar-refractivity contribution < 1.29 is 14.3 Å². The number of hydrogen-bond acceptors (Lipinski definition) is 7. The monoisotopic (exact) mass is 425 g/mol. The first-order valence-electron chi connectivity index (χ1n) is 10.1. The van der Waals surface area contributed by atoms with Crippen molar-refractivity contribution in [2.75, 3.05) is 20.8 Å². The molecular weight excluding hydrogens is 402 g/mol. The van der Waals surface area contributed by atoms with E-state index in [1.807, 2.05) is 23.1 Å². The van der Waals surface area contributed by atoms with E-state index in [0.717, 1.165) is 66.3 Å². The van der Waals surface area contributed by atoms with E-state index in [2.05, 4.69) is 15.5 Å². The molecule has 3 aromatic rings. The van der Waals surface area contributed by atoms with Crippen molar-refractivity contribution in [1.29, 1.82) is 0 Å². The van der Waals surface area contributed by atoms with Gasteiger partial charge in [0.05, 0.1) is 25.8 Å². The molecule has 5 rings (SSSR count). The molecule has 0 saturated carbocycles. The standard InChI is InChI=1S/C21H23N5O3S/c1-28-13-8-9-14(17(11-13)29-2)16-6-4-10-25(16)20(27)19-15-5-3-7-18(15)30-21(19)26-12-22-23-24-26/h8-9,11-12,16H,3-7,10H2,1-2H3/t16-/m0/s1. The molecule has 0 spiro atoms. The second-order valence-electron chi connectivity index (χ2n) is 7.56. The fourth-order valence-corrected chi connectivity index (χ4v) is 5.89. The molecule has 30 heavy (non-hydrogen) atoms. The van der Waals surface area contributed by atoms with Crippen molar-refractivity contribution >= 4 is 17.2 Å². The molecule has 0 unspecified atom stereocenters. The van der Waals surface area contributed by atoms with E-state index in [4.69, 9.17) is 9.47 Å². The van der Waals surface area contributed by atoms with Gasteiger partial charge < -0.3 is 14.4 Å². The van der Waals surface area contributed by atoms with Gasteiger partial charge in [-0.3, -0.25) is 4.79 Å². The average molecular weight is 426 g/mol. The van der Waals surface area contributed by atoms with Gasteiger partial charge in [-0.05, 0) is 60.2 Å². The van der Waals surface area contributed by atoms with E-state index in [-0.39, 0.29) is 11.9 Å². The molecule has 1 aliphatic heterocycles. The van der Waals surface area contributed by atoms with Crippen LogP contribution in [0.3, 0.4) is 0 Å². The number of carbonyl (C=O) groups is 1. The number of benzene rings is 1. The Labute approximate surface area is 178 Å². The highest BCUT2D eigenvalue weighted by molar-refractivity contribution is 7.15. The van der Waals surface area contributed by atoms with Crippen LogP contribution in [0, 0.1) is 0 Å². The number of aromatic nitrogens is 4. The Morgan fingerprint density at radius 3 is 2.87 bits per heavy atom. The van der Waals surface area contributed by atoms with Crippen LogP contribution in [0.2, 0.25) is 0 Å². The molecule has 9 heteroatoms. The van der Waals surface area contributed by atoms with Gasteiger partial charge in [0.1, 0.15) is 22.8 Å². The molecule has 1 saturated heterocycles. The normalized spacial score (nSPS) is 17.9. The van der Waals surface area contributed by atoms with Crippen LogP contribution >= 0.6 is 11.3 Å². The van der Waals surface area contributed by atoms with Crippen molar-refractivity contribution in [3.05, 3.63) is 46.1 Å². The Balaban J connectivity index is 1.55. The van der Waals surface area contributed by atoms with Gasteiger partial charge in [-0.25, -0.2) is 0 Å². The Kier molecular flexibility index (Phi) is 4.90. The summed E-state index contributed by atoms with van der Waals surface area (Å²) in [5, 5.41) is 12.4. The molecule has 2 aliphatic rings. The summed E-state index contributed by atoms with van der Waals surface area (Å²) in [5.74, 6) is 1.54. The van der Waals surface area contributed by atoms with Crippen molar-refractivity contribution in [1.82, 2.24) is 25.1 Å². The molecule has 1 aromatic carbocycles. The number of fused-ring (bicyclic) bond motifs is 1. The number of aryl methyl sites for hydroxylation is 1. The molecule has 0 bridgehead atoms. The quantitative estimate of drug-likeness (QED) is 0.624. The third kappa shape index (κ3) is 3.04. The highest BCUT2D eigenvalue weighted by Gasteiger charge is 2.37. The molecule has 1 fully saturated rings. The zero-order valence-corrected chi connectivity index (χ0v) is 17.8. The second kappa shape index (κ2) is 7.71. The van der Waals surface area contributed by atoms with Crippen molar-refractivity contribution in [2.45, 2.75) is 38.1 Å². The zero-order valence-electron chi connectivity index (χ0n) is 17.0. The average Bonchev–Trinajstić information content (AvgIpc) is 3.55. The van der Waals surface area contributed by atoms with Crippen molar-refractivity contribution in [2.24, 2.45) is 0 Å². The lowest BCUT2D eigenvalue weighted by molar-refractivity contribution is 0.0733. The smallest absolute Gasteiger partial charge is 0.257 e. The Hall–Kier alpha value is -2.94. The number of ether oxygens (including phenoxy) is 2. The minimum Gasteiger partial charge on any atom is -0.497 e. The second-order valence-corrected chi connectivity index (χ2v) is 8.64. The zero-order chi connectivity index (χ0) is 20.7. The molecule has 1 atom stereocenters. The van der Waals surface area contributed by atoms with Crippen LogP contribution in [-0.2, 0) is 12.8 Å². The van der Waals surface area contributed by atoms with Crippen LogP contribution in [0.15, 0.2) is 24.5 Å². The summed E-state index contributed by atoms with van der Waals surface area (Å²) in [6.07, 6.45) is 6.45. The summed E-state index contributed by atoms with van der Waals surface area (Å²) >= 11 is 1.63. The molecule has 156 valence electrons. The number of rotatable bonds is 5. The third-order valence-electron chi connectivity index (χ3n) is 5.99. The Morgan fingerprint density at radius 1 is 1.20 bits per heavy atom. The predicted molar refractivity (Wildman–Crippen MR) is 112 cm³/mol. The van der Waals surface area contributed by atoms with Crippen molar-refractivity contribution in [3.63, 3.8) is 0 Å². The van der Waals surface area contributed by atoms with Crippen LogP contribution < -0.4 is 9.47 Å². The van der Waals surface area contributed by atoms with Gasteiger partial charge >= 0.3 is 0 Å². The van der Waals surface area contributed by atoms with E-state index in [1.165, 1.54) is 10.4 Å². The van der Waals surface area contributed by atoms with E-state index in [0.29, 0.717) is 0 Å². The van der Waals surface area contributed by atoms with E-state index in [9.17, 15) is 4.79 Å². The minimum atomic E-state index is -0.0305. The summed E-state index contributed by atoms with van der Waals surface area (Å²) in [5.41, 5.74) is 2.95. The van der Waals surface area contributed by atoms with E-state index >= 15 is 0 Å². The molecule has 1 amide bonds. The molecule has 3 heterocycles. The molecular formula is C21H23N5O3S. The molecule has 8 nitrogen and oxygen atoms in total. The van der Waals surface area contributed by atoms with Gasteiger partial charge in [-0.15, -0.1) is 16.4 Å². The number of methoxy groups -OCH3 is 2. The summed E-state index contributed by atoms with van der Waals surface area (Å²) in [4.78, 5) is 17.1. The van der Waals surface area contributed by atoms with Crippen LogP contribution in [0.25, 0.3) is 5.00 Å². The number of hydrogen-bond donors (Lipinski definition) is 0. The number of nitrogens with zero attached hydrogens (tertiary/aromatic N) is 5.